The zero-order valence-corrected chi connectivity index (χ0v) is 15.4. The fourth-order valence-electron chi connectivity index (χ4n) is 3.33. The summed E-state index contributed by atoms with van der Waals surface area (Å²) in [5.41, 5.74) is 0.132. The largest absolute Gasteiger partial charge is 0.367 e. The Labute approximate surface area is 142 Å². The average Bonchev–Trinajstić information content (AvgIpc) is 2.65. The zero-order chi connectivity index (χ0) is 17.8. The number of fused-ring (bicyclic) bond motifs is 1. The molecule has 1 atom stereocenters. The van der Waals surface area contributed by atoms with E-state index in [9.17, 15) is 8.42 Å². The molecular formula is C17H23N3O3S. The molecule has 2 aromatic rings. The molecule has 7 heteroatoms. The first kappa shape index (κ1) is 17.1. The summed E-state index contributed by atoms with van der Waals surface area (Å²) in [5.74, 6) is 0.630. The van der Waals surface area contributed by atoms with Crippen LogP contribution in [0.15, 0.2) is 29.4 Å². The lowest BCUT2D eigenvalue weighted by Crippen LogP contribution is -2.38. The smallest absolute Gasteiger partial charge is 0.175 e. The predicted octanol–water partition coefficient (Wildman–Crippen LogP) is 2.79. The van der Waals surface area contributed by atoms with Gasteiger partial charge in [0.05, 0.1) is 27.7 Å². The van der Waals surface area contributed by atoms with Gasteiger partial charge >= 0.3 is 0 Å². The van der Waals surface area contributed by atoms with Crippen molar-refractivity contribution >= 4 is 26.6 Å². The summed E-state index contributed by atoms with van der Waals surface area (Å²) in [6.45, 7) is 8.22. The van der Waals surface area contributed by atoms with Crippen LogP contribution < -0.4 is 5.32 Å². The fraction of sp³-hybridized carbons (Fsp3) is 0.529. The number of benzene rings is 1. The number of rotatable bonds is 3. The second-order valence-corrected chi connectivity index (χ2v) is 9.56. The van der Waals surface area contributed by atoms with E-state index in [1.807, 2.05) is 13.8 Å². The Bertz CT molecular complexity index is 891. The van der Waals surface area contributed by atoms with E-state index in [4.69, 9.17) is 4.74 Å². The Morgan fingerprint density at radius 2 is 1.92 bits per heavy atom. The molecule has 0 saturated carbocycles. The summed E-state index contributed by atoms with van der Waals surface area (Å²) in [7, 11) is -3.29. The van der Waals surface area contributed by atoms with Crippen molar-refractivity contribution in [1.29, 1.82) is 0 Å². The standard InChI is InChI=1S/C17H23N3O3S/c1-16(2)9-14(17(3,4)23-16)20-15-12-8-11(24(5,21)22)6-7-13(12)18-10-19-15/h6-8,10,14H,9H2,1-5H3,(H,18,19,20). The highest BCUT2D eigenvalue weighted by Gasteiger charge is 2.46. The summed E-state index contributed by atoms with van der Waals surface area (Å²) in [6, 6.07) is 4.97. The van der Waals surface area contributed by atoms with Crippen molar-refractivity contribution < 1.29 is 13.2 Å². The number of sulfone groups is 1. The summed E-state index contributed by atoms with van der Waals surface area (Å²) in [5, 5.41) is 4.13. The quantitative estimate of drug-likeness (QED) is 0.918. The lowest BCUT2D eigenvalue weighted by molar-refractivity contribution is -0.0662. The van der Waals surface area contributed by atoms with Gasteiger partial charge in [0.1, 0.15) is 12.1 Å². The molecule has 1 N–H and O–H groups in total. The predicted molar refractivity (Wildman–Crippen MR) is 93.9 cm³/mol. The fourth-order valence-corrected chi connectivity index (χ4v) is 3.98. The number of nitrogens with one attached hydrogen (secondary N) is 1. The first-order valence-electron chi connectivity index (χ1n) is 7.89. The molecule has 3 rings (SSSR count). The molecule has 1 aliphatic heterocycles. The van der Waals surface area contributed by atoms with Crippen LogP contribution in [0.5, 0.6) is 0 Å². The highest BCUT2D eigenvalue weighted by molar-refractivity contribution is 7.90. The molecule has 1 fully saturated rings. The molecule has 6 nitrogen and oxygen atoms in total. The lowest BCUT2D eigenvalue weighted by Gasteiger charge is -2.28. The zero-order valence-electron chi connectivity index (χ0n) is 14.6. The molecule has 0 radical (unpaired) electrons. The Hall–Kier alpha value is -1.73. The highest BCUT2D eigenvalue weighted by Crippen LogP contribution is 2.39. The third-order valence-electron chi connectivity index (χ3n) is 4.42. The van der Waals surface area contributed by atoms with Crippen LogP contribution >= 0.6 is 0 Å². The van der Waals surface area contributed by atoms with Gasteiger partial charge in [-0.2, -0.15) is 0 Å². The molecule has 24 heavy (non-hydrogen) atoms. The summed E-state index contributed by atoms with van der Waals surface area (Å²) >= 11 is 0. The van der Waals surface area contributed by atoms with Gasteiger partial charge in [0.15, 0.2) is 9.84 Å². The minimum Gasteiger partial charge on any atom is -0.367 e. The van der Waals surface area contributed by atoms with E-state index in [1.165, 1.54) is 12.6 Å². The van der Waals surface area contributed by atoms with E-state index in [0.29, 0.717) is 16.7 Å². The van der Waals surface area contributed by atoms with E-state index in [1.54, 1.807) is 18.2 Å². The maximum atomic E-state index is 11.8. The Balaban J connectivity index is 2.04. The van der Waals surface area contributed by atoms with Gasteiger partial charge in [-0.15, -0.1) is 0 Å². The van der Waals surface area contributed by atoms with Gasteiger partial charge in [0, 0.05) is 11.6 Å². The van der Waals surface area contributed by atoms with Crippen molar-refractivity contribution in [1.82, 2.24) is 9.97 Å². The summed E-state index contributed by atoms with van der Waals surface area (Å²) in [6.07, 6.45) is 3.51. The first-order valence-corrected chi connectivity index (χ1v) is 9.79. The number of aromatic nitrogens is 2. The second kappa shape index (κ2) is 5.39. The topological polar surface area (TPSA) is 81.2 Å². The van der Waals surface area contributed by atoms with Crippen molar-refractivity contribution in [3.63, 3.8) is 0 Å². The molecule has 0 aliphatic carbocycles. The van der Waals surface area contributed by atoms with Crippen LogP contribution in [0.1, 0.15) is 34.1 Å². The SMILES string of the molecule is CC1(C)CC(Nc2ncnc3ccc(S(C)(=O)=O)cc23)C(C)(C)O1. The van der Waals surface area contributed by atoms with E-state index >= 15 is 0 Å². The Morgan fingerprint density at radius 3 is 2.50 bits per heavy atom. The van der Waals surface area contributed by atoms with Crippen LogP contribution in [-0.2, 0) is 14.6 Å². The first-order chi connectivity index (χ1) is 11.0. The molecule has 2 heterocycles. The summed E-state index contributed by atoms with van der Waals surface area (Å²) < 4.78 is 29.8. The van der Waals surface area contributed by atoms with Crippen LogP contribution in [0.4, 0.5) is 5.82 Å². The Kier molecular flexibility index (Phi) is 3.84. The van der Waals surface area contributed by atoms with Crippen molar-refractivity contribution in [2.45, 2.75) is 56.3 Å². The number of nitrogens with zero attached hydrogens (tertiary/aromatic N) is 2. The van der Waals surface area contributed by atoms with E-state index in [0.717, 1.165) is 6.42 Å². The van der Waals surface area contributed by atoms with Gasteiger partial charge in [-0.3, -0.25) is 0 Å². The van der Waals surface area contributed by atoms with E-state index in [2.05, 4.69) is 29.1 Å². The molecule has 1 unspecified atom stereocenters. The van der Waals surface area contributed by atoms with Gasteiger partial charge in [0.2, 0.25) is 0 Å². The van der Waals surface area contributed by atoms with Crippen LogP contribution in [0.25, 0.3) is 10.9 Å². The van der Waals surface area contributed by atoms with Crippen molar-refractivity contribution in [3.05, 3.63) is 24.5 Å². The molecule has 0 bridgehead atoms. The van der Waals surface area contributed by atoms with E-state index in [-0.39, 0.29) is 22.1 Å². The highest BCUT2D eigenvalue weighted by atomic mass is 32.2. The van der Waals surface area contributed by atoms with Gasteiger partial charge < -0.3 is 10.1 Å². The molecule has 1 aromatic carbocycles. The van der Waals surface area contributed by atoms with Gasteiger partial charge in [-0.1, -0.05) is 0 Å². The maximum absolute atomic E-state index is 11.8. The van der Waals surface area contributed by atoms with Gasteiger partial charge in [0.25, 0.3) is 0 Å². The molecular weight excluding hydrogens is 326 g/mol. The maximum Gasteiger partial charge on any atom is 0.175 e. The third-order valence-corrected chi connectivity index (χ3v) is 5.53. The normalized spacial score (nSPS) is 22.6. The second-order valence-electron chi connectivity index (χ2n) is 7.54. The average molecular weight is 349 g/mol. The number of hydrogen-bond acceptors (Lipinski definition) is 6. The van der Waals surface area contributed by atoms with Crippen LogP contribution in [0.3, 0.4) is 0 Å². The van der Waals surface area contributed by atoms with Crippen molar-refractivity contribution in [3.8, 4) is 0 Å². The van der Waals surface area contributed by atoms with Gasteiger partial charge in [-0.05, 0) is 52.3 Å². The number of anilines is 1. The van der Waals surface area contributed by atoms with Crippen LogP contribution in [0, 0.1) is 0 Å². The van der Waals surface area contributed by atoms with Crippen molar-refractivity contribution in [2.75, 3.05) is 11.6 Å². The molecule has 0 amide bonds. The molecule has 1 aliphatic rings. The van der Waals surface area contributed by atoms with Gasteiger partial charge in [-0.25, -0.2) is 18.4 Å². The molecule has 1 saturated heterocycles. The molecule has 1 aromatic heterocycles. The van der Waals surface area contributed by atoms with E-state index < -0.39 is 9.84 Å². The monoisotopic (exact) mass is 349 g/mol. The summed E-state index contributed by atoms with van der Waals surface area (Å²) in [4.78, 5) is 8.82. The third kappa shape index (κ3) is 3.23. The number of ether oxygens (including phenoxy) is 1. The molecule has 130 valence electrons. The molecule has 0 spiro atoms. The van der Waals surface area contributed by atoms with Crippen molar-refractivity contribution in [2.24, 2.45) is 0 Å². The van der Waals surface area contributed by atoms with Crippen LogP contribution in [-0.4, -0.2) is 41.9 Å². The Morgan fingerprint density at radius 1 is 1.21 bits per heavy atom. The minimum absolute atomic E-state index is 0.0625. The number of hydrogen-bond donors (Lipinski definition) is 1. The lowest BCUT2D eigenvalue weighted by atomic mass is 9.94. The van der Waals surface area contributed by atoms with Crippen LogP contribution in [0.2, 0.25) is 0 Å². The minimum atomic E-state index is -3.29.